The number of nitrogens with two attached hydrogens (primary N) is 1. The minimum absolute atomic E-state index is 0.213. The quantitative estimate of drug-likeness (QED) is 0.551. The number of anilines is 1. The highest BCUT2D eigenvalue weighted by Crippen LogP contribution is 2.20. The van der Waals surface area contributed by atoms with Gasteiger partial charge >= 0.3 is 0 Å². The Morgan fingerprint density at radius 3 is 2.28 bits per heavy atom. The van der Waals surface area contributed by atoms with Crippen molar-refractivity contribution in [2.45, 2.75) is 12.3 Å². The molecule has 1 saturated heterocycles. The molecule has 1 aliphatic rings. The van der Waals surface area contributed by atoms with Crippen molar-refractivity contribution in [3.63, 3.8) is 0 Å². The largest absolute Gasteiger partial charge is 0.384 e. The second-order valence-corrected chi connectivity index (χ2v) is 8.33. The lowest BCUT2D eigenvalue weighted by molar-refractivity contribution is -0.109. The molecule has 5 nitrogen and oxygen atoms in total. The second kappa shape index (κ2) is 10.5. The van der Waals surface area contributed by atoms with E-state index in [9.17, 15) is 9.18 Å². The number of hydrogen-bond acceptors (Lipinski definition) is 5. The zero-order chi connectivity index (χ0) is 22.3. The van der Waals surface area contributed by atoms with E-state index >= 15 is 0 Å². The van der Waals surface area contributed by atoms with Crippen LogP contribution >= 0.6 is 0 Å². The SMILES string of the molecule is Nc1cccc(-c2ccc(CCN3CCN(CC(C=O)c4ccc(F)cc4)CC3)cc2)n1. The van der Waals surface area contributed by atoms with Gasteiger partial charge in [-0.2, -0.15) is 0 Å². The van der Waals surface area contributed by atoms with Gasteiger partial charge < -0.3 is 15.4 Å². The van der Waals surface area contributed by atoms with E-state index in [2.05, 4.69) is 39.0 Å². The predicted octanol–water partition coefficient (Wildman–Crippen LogP) is 3.61. The van der Waals surface area contributed by atoms with Gasteiger partial charge in [-0.1, -0.05) is 42.5 Å². The summed E-state index contributed by atoms with van der Waals surface area (Å²) in [6.07, 6.45) is 1.97. The zero-order valence-corrected chi connectivity index (χ0v) is 18.2. The number of nitrogens with zero attached hydrogens (tertiary/aromatic N) is 3. The number of benzene rings is 2. The molecule has 0 amide bonds. The van der Waals surface area contributed by atoms with Crippen LogP contribution in [0.4, 0.5) is 10.2 Å². The van der Waals surface area contributed by atoms with Gasteiger partial charge in [0.15, 0.2) is 0 Å². The summed E-state index contributed by atoms with van der Waals surface area (Å²) >= 11 is 0. The van der Waals surface area contributed by atoms with Gasteiger partial charge in [0.05, 0.1) is 11.6 Å². The summed E-state index contributed by atoms with van der Waals surface area (Å²) in [4.78, 5) is 20.7. The molecule has 32 heavy (non-hydrogen) atoms. The third-order valence-electron chi connectivity index (χ3n) is 6.12. The number of pyridine rings is 1. The van der Waals surface area contributed by atoms with E-state index in [4.69, 9.17) is 5.73 Å². The molecule has 1 unspecified atom stereocenters. The monoisotopic (exact) mass is 432 g/mol. The Morgan fingerprint density at radius 1 is 0.938 bits per heavy atom. The molecule has 0 bridgehead atoms. The van der Waals surface area contributed by atoms with Gasteiger partial charge in [0, 0.05) is 44.8 Å². The van der Waals surface area contributed by atoms with Gasteiger partial charge in [0.25, 0.3) is 0 Å². The van der Waals surface area contributed by atoms with Gasteiger partial charge in [-0.15, -0.1) is 0 Å². The lowest BCUT2D eigenvalue weighted by Gasteiger charge is -2.35. The first-order valence-electron chi connectivity index (χ1n) is 11.1. The molecule has 1 fully saturated rings. The van der Waals surface area contributed by atoms with Crippen molar-refractivity contribution in [2.24, 2.45) is 0 Å². The third kappa shape index (κ3) is 5.78. The summed E-state index contributed by atoms with van der Waals surface area (Å²) in [5.74, 6) is 0.0426. The Balaban J connectivity index is 1.23. The van der Waals surface area contributed by atoms with E-state index in [0.717, 1.165) is 62.3 Å². The van der Waals surface area contributed by atoms with E-state index in [0.29, 0.717) is 12.4 Å². The van der Waals surface area contributed by atoms with E-state index in [1.807, 2.05) is 12.1 Å². The van der Waals surface area contributed by atoms with Crippen LogP contribution in [0.2, 0.25) is 0 Å². The maximum absolute atomic E-state index is 13.2. The summed E-state index contributed by atoms with van der Waals surface area (Å²) in [7, 11) is 0. The smallest absolute Gasteiger partial charge is 0.128 e. The molecule has 4 rings (SSSR count). The number of carbonyl (C=O) groups excluding carboxylic acids is 1. The maximum atomic E-state index is 13.2. The van der Waals surface area contributed by atoms with Crippen LogP contribution in [0.25, 0.3) is 11.3 Å². The number of halogens is 1. The normalized spacial score (nSPS) is 16.0. The number of aromatic nitrogens is 1. The molecule has 0 saturated carbocycles. The molecule has 2 aromatic carbocycles. The fourth-order valence-electron chi connectivity index (χ4n) is 4.15. The fourth-order valence-corrected chi connectivity index (χ4v) is 4.15. The highest BCUT2D eigenvalue weighted by Gasteiger charge is 2.21. The average Bonchev–Trinajstić information content (AvgIpc) is 2.83. The van der Waals surface area contributed by atoms with Crippen LogP contribution < -0.4 is 5.73 Å². The van der Waals surface area contributed by atoms with Crippen molar-refractivity contribution in [1.29, 1.82) is 0 Å². The summed E-state index contributed by atoms with van der Waals surface area (Å²) < 4.78 is 13.2. The molecule has 166 valence electrons. The van der Waals surface area contributed by atoms with Crippen LogP contribution in [-0.4, -0.2) is 60.3 Å². The van der Waals surface area contributed by atoms with E-state index in [1.54, 1.807) is 18.2 Å². The molecule has 6 heteroatoms. The minimum atomic E-state index is -0.275. The van der Waals surface area contributed by atoms with Crippen LogP contribution in [0.1, 0.15) is 17.0 Å². The first-order chi connectivity index (χ1) is 15.6. The number of carbonyl (C=O) groups is 1. The summed E-state index contributed by atoms with van der Waals surface area (Å²) in [5, 5.41) is 0. The molecule has 1 atom stereocenters. The van der Waals surface area contributed by atoms with Crippen LogP contribution in [0.15, 0.2) is 66.7 Å². The lowest BCUT2D eigenvalue weighted by Crippen LogP contribution is -2.48. The van der Waals surface area contributed by atoms with Crippen molar-refractivity contribution in [3.05, 3.63) is 83.7 Å². The fraction of sp³-hybridized carbons (Fsp3) is 0.308. The van der Waals surface area contributed by atoms with Crippen LogP contribution in [-0.2, 0) is 11.2 Å². The van der Waals surface area contributed by atoms with Crippen molar-refractivity contribution in [1.82, 2.24) is 14.8 Å². The summed E-state index contributed by atoms with van der Waals surface area (Å²) in [6, 6.07) is 20.5. The van der Waals surface area contributed by atoms with Gasteiger partial charge in [-0.05, 0) is 41.8 Å². The molecule has 1 aromatic heterocycles. The number of hydrogen-bond donors (Lipinski definition) is 1. The van der Waals surface area contributed by atoms with Gasteiger partial charge in [0.2, 0.25) is 0 Å². The number of piperazine rings is 1. The Hall–Kier alpha value is -3.09. The highest BCUT2D eigenvalue weighted by atomic mass is 19.1. The maximum Gasteiger partial charge on any atom is 0.128 e. The molecule has 2 N–H and O–H groups in total. The molecule has 0 radical (unpaired) electrons. The van der Waals surface area contributed by atoms with Crippen LogP contribution in [0, 0.1) is 5.82 Å². The van der Waals surface area contributed by atoms with Gasteiger partial charge in [-0.3, -0.25) is 4.90 Å². The minimum Gasteiger partial charge on any atom is -0.384 e. The van der Waals surface area contributed by atoms with Gasteiger partial charge in [0.1, 0.15) is 17.9 Å². The zero-order valence-electron chi connectivity index (χ0n) is 18.2. The lowest BCUT2D eigenvalue weighted by atomic mass is 9.99. The molecule has 3 aromatic rings. The third-order valence-corrected chi connectivity index (χ3v) is 6.12. The van der Waals surface area contributed by atoms with Crippen LogP contribution in [0.3, 0.4) is 0 Å². The molecular weight excluding hydrogens is 403 g/mol. The molecule has 0 aliphatic carbocycles. The topological polar surface area (TPSA) is 62.5 Å². The second-order valence-electron chi connectivity index (χ2n) is 8.33. The van der Waals surface area contributed by atoms with E-state index in [-0.39, 0.29) is 11.7 Å². The average molecular weight is 433 g/mol. The molecule has 0 spiro atoms. The number of nitrogen functional groups attached to an aromatic ring is 1. The standard InChI is InChI=1S/C26H29FN4O/c27-24-10-8-21(9-11-24)23(19-32)18-31-16-14-30(15-17-31)13-12-20-4-6-22(7-5-20)25-2-1-3-26(28)29-25/h1-11,19,23H,12-18H2,(H2,28,29). The first-order valence-corrected chi connectivity index (χ1v) is 11.1. The van der Waals surface area contributed by atoms with Crippen molar-refractivity contribution < 1.29 is 9.18 Å². The Morgan fingerprint density at radius 2 is 1.62 bits per heavy atom. The highest BCUT2D eigenvalue weighted by molar-refractivity contribution is 5.62. The molecule has 1 aliphatic heterocycles. The first kappa shape index (κ1) is 22.1. The van der Waals surface area contributed by atoms with Crippen molar-refractivity contribution in [2.75, 3.05) is 45.0 Å². The van der Waals surface area contributed by atoms with E-state index in [1.165, 1.54) is 17.7 Å². The van der Waals surface area contributed by atoms with Crippen molar-refractivity contribution >= 4 is 12.1 Å². The van der Waals surface area contributed by atoms with Gasteiger partial charge in [-0.25, -0.2) is 9.37 Å². The Kier molecular flexibility index (Phi) is 7.24. The predicted molar refractivity (Wildman–Crippen MR) is 126 cm³/mol. The molecule has 2 heterocycles. The molecular formula is C26H29FN4O. The summed E-state index contributed by atoms with van der Waals surface area (Å²) in [5.41, 5.74) is 9.92. The summed E-state index contributed by atoms with van der Waals surface area (Å²) in [6.45, 7) is 5.54. The number of rotatable bonds is 8. The number of aldehydes is 1. The van der Waals surface area contributed by atoms with E-state index < -0.39 is 0 Å². The Bertz CT molecular complexity index is 1010. The van der Waals surface area contributed by atoms with Crippen LogP contribution in [0.5, 0.6) is 0 Å². The van der Waals surface area contributed by atoms with Crippen molar-refractivity contribution in [3.8, 4) is 11.3 Å². The Labute approximate surface area is 188 Å².